The highest BCUT2D eigenvalue weighted by Crippen LogP contribution is 2.07. The topological polar surface area (TPSA) is 84.7 Å². The van der Waals surface area contributed by atoms with Crippen molar-refractivity contribution in [2.24, 2.45) is 0 Å². The first-order chi connectivity index (χ1) is 9.72. The molecule has 0 aromatic carbocycles. The van der Waals surface area contributed by atoms with Gasteiger partial charge in [0.15, 0.2) is 0 Å². The summed E-state index contributed by atoms with van der Waals surface area (Å²) in [6, 6.07) is 0. The van der Waals surface area contributed by atoms with E-state index in [-0.39, 0.29) is 11.6 Å². The summed E-state index contributed by atoms with van der Waals surface area (Å²) in [7, 11) is 0. The lowest BCUT2D eigenvalue weighted by Gasteiger charge is -2.04. The van der Waals surface area contributed by atoms with E-state index >= 15 is 0 Å². The lowest BCUT2D eigenvalue weighted by molar-refractivity contribution is 0.102. The number of amides is 1. The smallest absolute Gasteiger partial charge is 0.275 e. The highest BCUT2D eigenvalue weighted by Gasteiger charge is 2.09. The molecule has 2 rings (SSSR count). The van der Waals surface area contributed by atoms with Gasteiger partial charge < -0.3 is 10.6 Å². The van der Waals surface area contributed by atoms with Crippen LogP contribution < -0.4 is 10.6 Å². The van der Waals surface area contributed by atoms with Crippen LogP contribution in [-0.4, -0.2) is 32.2 Å². The third kappa shape index (κ3) is 3.53. The van der Waals surface area contributed by atoms with Crippen LogP contribution in [0.1, 0.15) is 30.8 Å². The van der Waals surface area contributed by atoms with Crippen molar-refractivity contribution >= 4 is 17.4 Å². The van der Waals surface area contributed by atoms with Gasteiger partial charge in [-0.05, 0) is 13.3 Å². The van der Waals surface area contributed by atoms with E-state index in [1.165, 1.54) is 6.20 Å². The zero-order valence-electron chi connectivity index (χ0n) is 11.6. The van der Waals surface area contributed by atoms with Gasteiger partial charge in [0.05, 0.1) is 24.3 Å². The minimum Gasteiger partial charge on any atom is -0.369 e. The number of anilines is 2. The number of hydrogen-bond acceptors (Lipinski definition) is 5. The van der Waals surface area contributed by atoms with Crippen molar-refractivity contribution in [3.8, 4) is 0 Å². The van der Waals surface area contributed by atoms with E-state index in [4.69, 9.17) is 0 Å². The molecule has 0 bridgehead atoms. The van der Waals surface area contributed by atoms with Crippen molar-refractivity contribution in [2.75, 3.05) is 17.2 Å². The monoisotopic (exact) mass is 274 g/mol. The molecule has 0 fully saturated rings. The normalized spacial score (nSPS) is 10.3. The van der Waals surface area contributed by atoms with Crippen LogP contribution in [0.2, 0.25) is 0 Å². The van der Waals surface area contributed by atoms with Crippen LogP contribution in [-0.2, 0) is 6.54 Å². The Kier molecular flexibility index (Phi) is 4.65. The van der Waals surface area contributed by atoms with Crippen LogP contribution in [0, 0.1) is 0 Å². The van der Waals surface area contributed by atoms with Gasteiger partial charge in [-0.2, -0.15) is 5.10 Å². The molecule has 0 aliphatic carbocycles. The molecule has 7 nitrogen and oxygen atoms in total. The van der Waals surface area contributed by atoms with Crippen LogP contribution in [0.25, 0.3) is 0 Å². The van der Waals surface area contributed by atoms with Gasteiger partial charge in [0.25, 0.3) is 5.91 Å². The summed E-state index contributed by atoms with van der Waals surface area (Å²) in [5, 5.41) is 9.92. The first-order valence-electron chi connectivity index (χ1n) is 6.62. The molecular formula is C13H18N6O. The third-order valence-corrected chi connectivity index (χ3v) is 2.66. The first-order valence-corrected chi connectivity index (χ1v) is 6.62. The standard InChI is InChI=1S/C13H18N6O/c1-3-5-14-12-8-15-11(7-16-12)13(20)18-10-6-17-19(4-2)9-10/h6-9H,3-5H2,1-2H3,(H,14,16)(H,18,20). The molecule has 106 valence electrons. The summed E-state index contributed by atoms with van der Waals surface area (Å²) in [6.07, 6.45) is 7.39. The number of aryl methyl sites for hydroxylation is 1. The number of hydrogen-bond donors (Lipinski definition) is 2. The minimum absolute atomic E-state index is 0.274. The molecule has 2 aromatic rings. The molecule has 2 heterocycles. The van der Waals surface area contributed by atoms with Gasteiger partial charge in [0, 0.05) is 19.3 Å². The second kappa shape index (κ2) is 6.65. The molecule has 0 aliphatic rings. The summed E-state index contributed by atoms with van der Waals surface area (Å²) in [6.45, 7) is 5.63. The quantitative estimate of drug-likeness (QED) is 0.838. The Bertz CT molecular complexity index is 562. The van der Waals surface area contributed by atoms with Crippen molar-refractivity contribution in [2.45, 2.75) is 26.8 Å². The predicted octanol–water partition coefficient (Wildman–Crippen LogP) is 1.77. The van der Waals surface area contributed by atoms with Gasteiger partial charge in [-0.3, -0.25) is 9.48 Å². The maximum Gasteiger partial charge on any atom is 0.275 e. The molecule has 7 heteroatoms. The molecule has 2 aromatic heterocycles. The fraction of sp³-hybridized carbons (Fsp3) is 0.385. The fourth-order valence-corrected chi connectivity index (χ4v) is 1.59. The Morgan fingerprint density at radius 3 is 2.70 bits per heavy atom. The maximum atomic E-state index is 12.0. The number of nitrogens with zero attached hydrogens (tertiary/aromatic N) is 4. The molecule has 0 saturated heterocycles. The van der Waals surface area contributed by atoms with E-state index in [1.807, 2.05) is 6.92 Å². The molecule has 0 unspecified atom stereocenters. The summed E-state index contributed by atoms with van der Waals surface area (Å²) < 4.78 is 1.74. The Morgan fingerprint density at radius 2 is 2.10 bits per heavy atom. The van der Waals surface area contributed by atoms with Gasteiger partial charge in [-0.25, -0.2) is 9.97 Å². The average Bonchev–Trinajstić information content (AvgIpc) is 2.93. The summed E-state index contributed by atoms with van der Waals surface area (Å²) in [5.41, 5.74) is 0.920. The zero-order valence-corrected chi connectivity index (χ0v) is 11.6. The van der Waals surface area contributed by atoms with Crippen molar-refractivity contribution in [3.63, 3.8) is 0 Å². The van der Waals surface area contributed by atoms with E-state index in [9.17, 15) is 4.79 Å². The number of nitrogens with one attached hydrogen (secondary N) is 2. The summed E-state index contributed by atoms with van der Waals surface area (Å²) in [4.78, 5) is 20.2. The summed E-state index contributed by atoms with van der Waals surface area (Å²) in [5.74, 6) is 0.373. The largest absolute Gasteiger partial charge is 0.369 e. The third-order valence-electron chi connectivity index (χ3n) is 2.66. The number of carbonyl (C=O) groups is 1. The van der Waals surface area contributed by atoms with Crippen LogP contribution in [0.3, 0.4) is 0 Å². The highest BCUT2D eigenvalue weighted by molar-refractivity contribution is 6.02. The molecular weight excluding hydrogens is 256 g/mol. The van der Waals surface area contributed by atoms with Crippen LogP contribution in [0.15, 0.2) is 24.8 Å². The number of rotatable bonds is 6. The fourth-order valence-electron chi connectivity index (χ4n) is 1.59. The molecule has 0 aliphatic heterocycles. The molecule has 0 radical (unpaired) electrons. The van der Waals surface area contributed by atoms with Gasteiger partial charge in [0.2, 0.25) is 0 Å². The summed E-state index contributed by atoms with van der Waals surface area (Å²) >= 11 is 0. The van der Waals surface area contributed by atoms with Gasteiger partial charge in [0.1, 0.15) is 11.5 Å². The molecule has 20 heavy (non-hydrogen) atoms. The lowest BCUT2D eigenvalue weighted by atomic mass is 10.4. The SMILES string of the molecule is CCCNc1cnc(C(=O)Nc2cnn(CC)c2)cn1. The van der Waals surface area contributed by atoms with Crippen molar-refractivity contribution < 1.29 is 4.79 Å². The molecule has 0 spiro atoms. The Hall–Kier alpha value is -2.44. The minimum atomic E-state index is -0.296. The number of carbonyl (C=O) groups excluding carboxylic acids is 1. The first kappa shape index (κ1) is 14.0. The Balaban J connectivity index is 1.98. The van der Waals surface area contributed by atoms with E-state index in [1.54, 1.807) is 23.3 Å². The second-order valence-corrected chi connectivity index (χ2v) is 4.25. The Morgan fingerprint density at radius 1 is 1.25 bits per heavy atom. The highest BCUT2D eigenvalue weighted by atomic mass is 16.1. The molecule has 0 atom stereocenters. The molecule has 0 saturated carbocycles. The maximum absolute atomic E-state index is 12.0. The van der Waals surface area contributed by atoms with Crippen molar-refractivity contribution in [1.29, 1.82) is 0 Å². The van der Waals surface area contributed by atoms with Gasteiger partial charge in [-0.15, -0.1) is 0 Å². The van der Waals surface area contributed by atoms with Crippen molar-refractivity contribution in [1.82, 2.24) is 19.7 Å². The van der Waals surface area contributed by atoms with E-state index in [0.29, 0.717) is 11.5 Å². The van der Waals surface area contributed by atoms with E-state index < -0.39 is 0 Å². The van der Waals surface area contributed by atoms with Gasteiger partial charge >= 0.3 is 0 Å². The molecule has 2 N–H and O–H groups in total. The molecule has 1 amide bonds. The van der Waals surface area contributed by atoms with Crippen LogP contribution >= 0.6 is 0 Å². The van der Waals surface area contributed by atoms with Gasteiger partial charge in [-0.1, -0.05) is 6.92 Å². The van der Waals surface area contributed by atoms with Crippen LogP contribution in [0.5, 0.6) is 0 Å². The number of aromatic nitrogens is 4. The van der Waals surface area contributed by atoms with E-state index in [2.05, 4.69) is 32.6 Å². The average molecular weight is 274 g/mol. The second-order valence-electron chi connectivity index (χ2n) is 4.25. The van der Waals surface area contributed by atoms with E-state index in [0.717, 1.165) is 19.5 Å². The lowest BCUT2D eigenvalue weighted by Crippen LogP contribution is -2.14. The Labute approximate surface area is 117 Å². The van der Waals surface area contributed by atoms with Crippen LogP contribution in [0.4, 0.5) is 11.5 Å². The van der Waals surface area contributed by atoms with Crippen molar-refractivity contribution in [3.05, 3.63) is 30.5 Å². The zero-order chi connectivity index (χ0) is 14.4. The predicted molar refractivity (Wildman–Crippen MR) is 76.7 cm³/mol.